The minimum absolute atomic E-state index is 0.181. The summed E-state index contributed by atoms with van der Waals surface area (Å²) in [6, 6.07) is 54.9. The summed E-state index contributed by atoms with van der Waals surface area (Å²) in [7, 11) is 0. The second-order valence-electron chi connectivity index (χ2n) is 20.1. The SMILES string of the molecule is c1ccc(-c2cccc(N(c3ccc4c(c3)-c3ccccc3C43C4CC5CC(C4)CC3C5)c3ccc4c(c3)-c3ccccc3C43C4CC5CC(C4)CC3C5)c2)cc1. The fourth-order valence-corrected chi connectivity index (χ4v) is 16.5. The lowest BCUT2D eigenvalue weighted by Crippen LogP contribution is -2.55. The molecule has 1 nitrogen and oxygen atoms in total. The van der Waals surface area contributed by atoms with Crippen molar-refractivity contribution in [2.45, 2.75) is 75.0 Å². The maximum Gasteiger partial charge on any atom is 0.0468 e. The van der Waals surface area contributed by atoms with E-state index in [-0.39, 0.29) is 10.8 Å². The maximum atomic E-state index is 2.60. The Balaban J connectivity index is 0.965. The molecule has 6 aromatic carbocycles. The number of fused-ring (bicyclic) bond motifs is 6. The van der Waals surface area contributed by atoms with E-state index < -0.39 is 0 Å². The van der Waals surface area contributed by atoms with Gasteiger partial charge in [-0.3, -0.25) is 0 Å². The molecule has 0 heterocycles. The Kier molecular flexibility index (Phi) is 6.43. The molecule has 2 spiro atoms. The first kappa shape index (κ1) is 32.1. The van der Waals surface area contributed by atoms with Crippen molar-refractivity contribution in [3.8, 4) is 33.4 Å². The lowest BCUT2D eigenvalue weighted by molar-refractivity contribution is -0.0399. The van der Waals surface area contributed by atoms with Crippen molar-refractivity contribution in [3.63, 3.8) is 0 Å². The topological polar surface area (TPSA) is 3.24 Å². The lowest BCUT2D eigenvalue weighted by Gasteiger charge is -2.61. The zero-order valence-corrected chi connectivity index (χ0v) is 32.9. The molecule has 0 aromatic heterocycles. The van der Waals surface area contributed by atoms with E-state index in [1.165, 1.54) is 115 Å². The first-order chi connectivity index (χ1) is 28.2. The van der Waals surface area contributed by atoms with Crippen molar-refractivity contribution in [2.75, 3.05) is 4.90 Å². The highest BCUT2D eigenvalue weighted by molar-refractivity contribution is 5.91. The van der Waals surface area contributed by atoms with Crippen molar-refractivity contribution in [2.24, 2.45) is 47.3 Å². The van der Waals surface area contributed by atoms with Crippen LogP contribution in [0.2, 0.25) is 0 Å². The van der Waals surface area contributed by atoms with Crippen molar-refractivity contribution in [1.29, 1.82) is 0 Å². The van der Waals surface area contributed by atoms with Crippen LogP contribution in [0.5, 0.6) is 0 Å². The van der Waals surface area contributed by atoms with Gasteiger partial charge in [0, 0.05) is 27.9 Å². The lowest BCUT2D eigenvalue weighted by atomic mass is 9.43. The van der Waals surface area contributed by atoms with E-state index in [0.29, 0.717) is 0 Å². The van der Waals surface area contributed by atoms with Gasteiger partial charge in [0.2, 0.25) is 0 Å². The van der Waals surface area contributed by atoms with Crippen LogP contribution in [0.3, 0.4) is 0 Å². The van der Waals surface area contributed by atoms with Gasteiger partial charge in [0.25, 0.3) is 0 Å². The minimum atomic E-state index is 0.181. The van der Waals surface area contributed by atoms with Gasteiger partial charge < -0.3 is 4.90 Å². The van der Waals surface area contributed by atoms with Gasteiger partial charge in [0.05, 0.1) is 0 Å². The Labute approximate surface area is 338 Å². The summed E-state index contributed by atoms with van der Waals surface area (Å²) in [5, 5.41) is 0. The molecule has 280 valence electrons. The predicted molar refractivity (Wildman–Crippen MR) is 233 cm³/mol. The van der Waals surface area contributed by atoms with Crippen LogP contribution < -0.4 is 4.90 Å². The van der Waals surface area contributed by atoms with Gasteiger partial charge in [0.1, 0.15) is 0 Å². The van der Waals surface area contributed by atoms with Crippen molar-refractivity contribution in [3.05, 3.63) is 162 Å². The van der Waals surface area contributed by atoms with Crippen molar-refractivity contribution >= 4 is 17.1 Å². The molecule has 0 N–H and O–H groups in total. The van der Waals surface area contributed by atoms with Gasteiger partial charge >= 0.3 is 0 Å². The third-order valence-electron chi connectivity index (χ3n) is 17.8. The smallest absolute Gasteiger partial charge is 0.0468 e. The Morgan fingerprint density at radius 3 is 1.21 bits per heavy atom. The van der Waals surface area contributed by atoms with Crippen LogP contribution in [0.4, 0.5) is 17.1 Å². The second kappa shape index (κ2) is 11.4. The molecule has 10 aliphatic carbocycles. The molecule has 6 aromatic rings. The molecule has 0 radical (unpaired) electrons. The molecule has 57 heavy (non-hydrogen) atoms. The quantitative estimate of drug-likeness (QED) is 0.174. The average molecular weight is 738 g/mol. The van der Waals surface area contributed by atoms with E-state index >= 15 is 0 Å². The highest BCUT2D eigenvalue weighted by Crippen LogP contribution is 2.71. The molecule has 0 unspecified atom stereocenters. The fraction of sp³-hybridized carbons (Fsp3) is 0.357. The highest BCUT2D eigenvalue weighted by Gasteiger charge is 2.63. The molecule has 16 rings (SSSR count). The van der Waals surface area contributed by atoms with Gasteiger partial charge in [-0.15, -0.1) is 0 Å². The van der Waals surface area contributed by atoms with E-state index in [2.05, 4.69) is 144 Å². The van der Waals surface area contributed by atoms with Crippen LogP contribution >= 0.6 is 0 Å². The van der Waals surface area contributed by atoms with Crippen LogP contribution in [0.25, 0.3) is 33.4 Å². The van der Waals surface area contributed by atoms with E-state index in [9.17, 15) is 0 Å². The van der Waals surface area contributed by atoms with Gasteiger partial charge in [-0.05, 0) is 204 Å². The zero-order chi connectivity index (χ0) is 37.0. The molecule has 8 bridgehead atoms. The summed E-state index contributed by atoms with van der Waals surface area (Å²) in [5.41, 5.74) is 19.1. The van der Waals surface area contributed by atoms with Crippen LogP contribution in [-0.2, 0) is 10.8 Å². The van der Waals surface area contributed by atoms with Crippen molar-refractivity contribution < 1.29 is 0 Å². The first-order valence-corrected chi connectivity index (χ1v) is 22.6. The standard InChI is InChI=1S/C56H51N/c1-2-9-38(10-3-1)39-11-8-12-44(31-39)57(45-17-19-53-49(32-45)47-13-4-6-15-51(47)55(53)40-23-34-21-35(25-40)26-41(55)24-34)46-18-20-54-50(33-46)48-14-5-7-16-52(48)56(54)42-27-36-22-37(29-42)30-43(56)28-36/h1-20,31-37,40-43H,21-30H2. The second-order valence-corrected chi connectivity index (χ2v) is 20.1. The van der Waals surface area contributed by atoms with E-state index in [4.69, 9.17) is 0 Å². The molecule has 0 amide bonds. The van der Waals surface area contributed by atoms with Gasteiger partial charge in [-0.2, -0.15) is 0 Å². The largest absolute Gasteiger partial charge is 0.310 e. The number of hydrogen-bond donors (Lipinski definition) is 0. The highest BCUT2D eigenvalue weighted by atomic mass is 15.1. The Bertz CT molecular complexity index is 2430. The number of rotatable bonds is 4. The third-order valence-corrected chi connectivity index (χ3v) is 17.8. The summed E-state index contributed by atoms with van der Waals surface area (Å²) in [6.45, 7) is 0. The summed E-state index contributed by atoms with van der Waals surface area (Å²) in [6.07, 6.45) is 14.3. The molecule has 0 saturated heterocycles. The number of nitrogens with zero attached hydrogens (tertiary/aromatic N) is 1. The normalized spacial score (nSPS) is 33.8. The molecular formula is C56H51N. The molecule has 0 atom stereocenters. The molecule has 8 fully saturated rings. The molecular weight excluding hydrogens is 687 g/mol. The van der Waals surface area contributed by atoms with Gasteiger partial charge in [0.15, 0.2) is 0 Å². The molecule has 10 aliphatic rings. The summed E-state index contributed by atoms with van der Waals surface area (Å²) in [5.74, 6) is 6.88. The van der Waals surface area contributed by atoms with E-state index in [0.717, 1.165) is 47.3 Å². The van der Waals surface area contributed by atoms with Crippen molar-refractivity contribution in [1.82, 2.24) is 0 Å². The van der Waals surface area contributed by atoms with Crippen LogP contribution in [-0.4, -0.2) is 0 Å². The van der Waals surface area contributed by atoms with E-state index in [1.807, 2.05) is 0 Å². The van der Waals surface area contributed by atoms with Crippen LogP contribution in [0, 0.1) is 47.3 Å². The third kappa shape index (κ3) is 4.12. The monoisotopic (exact) mass is 737 g/mol. The Morgan fingerprint density at radius 1 is 0.316 bits per heavy atom. The summed E-state index contributed by atoms with van der Waals surface area (Å²) in [4.78, 5) is 2.60. The number of anilines is 3. The average Bonchev–Trinajstić information content (AvgIpc) is 3.70. The molecule has 0 aliphatic heterocycles. The van der Waals surface area contributed by atoms with Gasteiger partial charge in [-0.25, -0.2) is 0 Å². The minimum Gasteiger partial charge on any atom is -0.310 e. The maximum absolute atomic E-state index is 2.60. The molecule has 8 saturated carbocycles. The predicted octanol–water partition coefficient (Wildman–Crippen LogP) is 14.3. The van der Waals surface area contributed by atoms with Crippen LogP contribution in [0.1, 0.15) is 86.5 Å². The van der Waals surface area contributed by atoms with Gasteiger partial charge in [-0.1, -0.05) is 103 Å². The van der Waals surface area contributed by atoms with E-state index in [1.54, 1.807) is 22.3 Å². The Morgan fingerprint density at radius 2 is 0.719 bits per heavy atom. The zero-order valence-electron chi connectivity index (χ0n) is 32.9. The fourth-order valence-electron chi connectivity index (χ4n) is 16.5. The van der Waals surface area contributed by atoms with Crippen LogP contribution in [0.15, 0.2) is 140 Å². The molecule has 1 heteroatoms. The summed E-state index contributed by atoms with van der Waals surface area (Å²) < 4.78 is 0. The first-order valence-electron chi connectivity index (χ1n) is 22.6. The Hall–Kier alpha value is -4.88. The number of benzene rings is 6. The number of hydrogen-bond acceptors (Lipinski definition) is 1. The summed E-state index contributed by atoms with van der Waals surface area (Å²) >= 11 is 0.